The zero-order valence-electron chi connectivity index (χ0n) is 8.59. The first-order chi connectivity index (χ1) is 5.27. The summed E-state index contributed by atoms with van der Waals surface area (Å²) in [4.78, 5) is 0. The zero-order chi connectivity index (χ0) is 9.83. The first-order valence-corrected chi connectivity index (χ1v) is 6.04. The maximum atomic E-state index is 11.2. The summed E-state index contributed by atoms with van der Waals surface area (Å²) in [5.41, 5.74) is 0.216. The smallest absolute Gasteiger partial charge is 0.312 e. The fourth-order valence-corrected chi connectivity index (χ4v) is 1.10. The molecule has 0 amide bonds. The quantitative estimate of drug-likeness (QED) is 0.645. The van der Waals surface area contributed by atoms with Crippen molar-refractivity contribution in [3.8, 4) is 0 Å². The Bertz CT molecular complexity index is 172. The number of hydrogen-bond donors (Lipinski definition) is 0. The standard InChI is InChI=1S/C8H19O3P/c1-8(2,3)6-7-11-12(5,9)10-4/h6-7H2,1-5H3. The number of hydrogen-bond acceptors (Lipinski definition) is 3. The Morgan fingerprint density at radius 3 is 2.17 bits per heavy atom. The van der Waals surface area contributed by atoms with Crippen LogP contribution in [0.2, 0.25) is 0 Å². The molecule has 0 aliphatic heterocycles. The van der Waals surface area contributed by atoms with Gasteiger partial charge in [0.1, 0.15) is 0 Å². The first-order valence-electron chi connectivity index (χ1n) is 4.05. The van der Waals surface area contributed by atoms with Gasteiger partial charge in [-0.25, -0.2) is 0 Å². The van der Waals surface area contributed by atoms with Gasteiger partial charge >= 0.3 is 7.60 Å². The van der Waals surface area contributed by atoms with E-state index in [2.05, 4.69) is 25.3 Å². The van der Waals surface area contributed by atoms with Crippen LogP contribution in [0.25, 0.3) is 0 Å². The van der Waals surface area contributed by atoms with Gasteiger partial charge in [0.25, 0.3) is 0 Å². The van der Waals surface area contributed by atoms with Crippen molar-refractivity contribution in [2.24, 2.45) is 5.41 Å². The molecule has 0 spiro atoms. The van der Waals surface area contributed by atoms with Gasteiger partial charge in [0, 0.05) is 13.8 Å². The molecule has 1 unspecified atom stereocenters. The lowest BCUT2D eigenvalue weighted by Gasteiger charge is -2.19. The van der Waals surface area contributed by atoms with Crippen LogP contribution in [0.5, 0.6) is 0 Å². The SMILES string of the molecule is COP(C)(=O)OCCC(C)(C)C. The Morgan fingerprint density at radius 1 is 1.33 bits per heavy atom. The molecule has 0 aromatic rings. The summed E-state index contributed by atoms with van der Waals surface area (Å²) in [7, 11) is -1.36. The molecule has 0 N–H and O–H groups in total. The normalized spacial score (nSPS) is 17.4. The lowest BCUT2D eigenvalue weighted by molar-refractivity contribution is 0.203. The second-order valence-corrected chi connectivity index (χ2v) is 6.26. The molecule has 0 aromatic carbocycles. The van der Waals surface area contributed by atoms with E-state index in [1.54, 1.807) is 0 Å². The van der Waals surface area contributed by atoms with Crippen molar-refractivity contribution in [3.63, 3.8) is 0 Å². The molecule has 0 aliphatic carbocycles. The highest BCUT2D eigenvalue weighted by Crippen LogP contribution is 2.43. The van der Waals surface area contributed by atoms with Gasteiger partial charge in [-0.3, -0.25) is 4.57 Å². The molecule has 3 nitrogen and oxygen atoms in total. The van der Waals surface area contributed by atoms with Crippen LogP contribution in [0.1, 0.15) is 27.2 Å². The van der Waals surface area contributed by atoms with E-state index in [1.807, 2.05) is 0 Å². The highest BCUT2D eigenvalue weighted by atomic mass is 31.2. The molecule has 4 heteroatoms. The average Bonchev–Trinajstić information content (AvgIpc) is 1.84. The van der Waals surface area contributed by atoms with Gasteiger partial charge in [0.05, 0.1) is 6.61 Å². The van der Waals surface area contributed by atoms with Crippen LogP contribution in [-0.2, 0) is 13.6 Å². The summed E-state index contributed by atoms with van der Waals surface area (Å²) in [6, 6.07) is 0. The Balaban J connectivity index is 3.65. The fourth-order valence-electron chi connectivity index (χ4n) is 0.570. The largest absolute Gasteiger partial charge is 0.327 e. The van der Waals surface area contributed by atoms with Gasteiger partial charge in [0.15, 0.2) is 0 Å². The molecule has 1 atom stereocenters. The molecule has 0 heterocycles. The van der Waals surface area contributed by atoms with Gasteiger partial charge < -0.3 is 9.05 Å². The summed E-state index contributed by atoms with van der Waals surface area (Å²) < 4.78 is 21.0. The van der Waals surface area contributed by atoms with Crippen LogP contribution < -0.4 is 0 Å². The van der Waals surface area contributed by atoms with Crippen molar-refractivity contribution in [1.82, 2.24) is 0 Å². The summed E-state index contributed by atoms with van der Waals surface area (Å²) in [5.74, 6) is 0. The fraction of sp³-hybridized carbons (Fsp3) is 1.00. The number of rotatable bonds is 4. The van der Waals surface area contributed by atoms with E-state index >= 15 is 0 Å². The summed E-state index contributed by atoms with van der Waals surface area (Å²) in [6.45, 7) is 8.32. The second kappa shape index (κ2) is 4.40. The van der Waals surface area contributed by atoms with Crippen molar-refractivity contribution < 1.29 is 13.6 Å². The van der Waals surface area contributed by atoms with Crippen LogP contribution in [0.3, 0.4) is 0 Å². The molecule has 0 saturated carbocycles. The van der Waals surface area contributed by atoms with Crippen LogP contribution in [0, 0.1) is 5.41 Å². The topological polar surface area (TPSA) is 35.5 Å². The minimum absolute atomic E-state index is 0.216. The molecular weight excluding hydrogens is 175 g/mol. The summed E-state index contributed by atoms with van der Waals surface area (Å²) in [6.07, 6.45) is 0.883. The third-order valence-electron chi connectivity index (χ3n) is 1.51. The molecule has 0 fully saturated rings. The van der Waals surface area contributed by atoms with Gasteiger partial charge in [0.2, 0.25) is 0 Å². The second-order valence-electron chi connectivity index (χ2n) is 4.10. The lowest BCUT2D eigenvalue weighted by Crippen LogP contribution is -2.08. The molecule has 0 bridgehead atoms. The van der Waals surface area contributed by atoms with Crippen LogP contribution in [0.15, 0.2) is 0 Å². The lowest BCUT2D eigenvalue weighted by atomic mass is 9.93. The van der Waals surface area contributed by atoms with E-state index in [9.17, 15) is 4.57 Å². The first kappa shape index (κ1) is 12.2. The predicted octanol–water partition coefficient (Wildman–Crippen LogP) is 2.91. The third-order valence-corrected chi connectivity index (χ3v) is 2.82. The minimum atomic E-state index is -2.76. The van der Waals surface area contributed by atoms with E-state index < -0.39 is 7.60 Å². The van der Waals surface area contributed by atoms with Gasteiger partial charge in [-0.2, -0.15) is 0 Å². The third kappa shape index (κ3) is 6.84. The van der Waals surface area contributed by atoms with Crippen molar-refractivity contribution in [2.75, 3.05) is 20.4 Å². The maximum Gasteiger partial charge on any atom is 0.327 e. The molecule has 0 aliphatic rings. The minimum Gasteiger partial charge on any atom is -0.312 e. The van der Waals surface area contributed by atoms with E-state index in [0.29, 0.717) is 6.61 Å². The molecule has 74 valence electrons. The highest BCUT2D eigenvalue weighted by Gasteiger charge is 2.16. The Kier molecular flexibility index (Phi) is 4.46. The Hall–Kier alpha value is 0.150. The highest BCUT2D eigenvalue weighted by molar-refractivity contribution is 7.52. The average molecular weight is 194 g/mol. The molecule has 0 rings (SSSR count). The van der Waals surface area contributed by atoms with Crippen molar-refractivity contribution in [2.45, 2.75) is 27.2 Å². The molecule has 0 radical (unpaired) electrons. The zero-order valence-corrected chi connectivity index (χ0v) is 9.48. The van der Waals surface area contributed by atoms with E-state index in [-0.39, 0.29) is 5.41 Å². The molecule has 12 heavy (non-hydrogen) atoms. The van der Waals surface area contributed by atoms with Crippen LogP contribution in [0.4, 0.5) is 0 Å². The van der Waals surface area contributed by atoms with Crippen molar-refractivity contribution in [1.29, 1.82) is 0 Å². The molecular formula is C8H19O3P. The van der Waals surface area contributed by atoms with Crippen molar-refractivity contribution >= 4 is 7.60 Å². The summed E-state index contributed by atoms with van der Waals surface area (Å²) in [5, 5.41) is 0. The van der Waals surface area contributed by atoms with E-state index in [0.717, 1.165) is 6.42 Å². The van der Waals surface area contributed by atoms with Gasteiger partial charge in [-0.05, 0) is 11.8 Å². The Morgan fingerprint density at radius 2 is 1.83 bits per heavy atom. The predicted molar refractivity (Wildman–Crippen MR) is 50.6 cm³/mol. The van der Waals surface area contributed by atoms with Crippen LogP contribution >= 0.6 is 7.60 Å². The van der Waals surface area contributed by atoms with E-state index in [1.165, 1.54) is 13.8 Å². The molecule has 0 aromatic heterocycles. The maximum absolute atomic E-state index is 11.2. The van der Waals surface area contributed by atoms with Crippen LogP contribution in [-0.4, -0.2) is 20.4 Å². The Labute approximate surface area is 75.0 Å². The van der Waals surface area contributed by atoms with Gasteiger partial charge in [-0.1, -0.05) is 20.8 Å². The molecule has 0 saturated heterocycles. The summed E-state index contributed by atoms with van der Waals surface area (Å²) >= 11 is 0. The van der Waals surface area contributed by atoms with E-state index in [4.69, 9.17) is 4.52 Å². The van der Waals surface area contributed by atoms with Gasteiger partial charge in [-0.15, -0.1) is 0 Å². The monoisotopic (exact) mass is 194 g/mol. The van der Waals surface area contributed by atoms with Crippen molar-refractivity contribution in [3.05, 3.63) is 0 Å².